The van der Waals surface area contributed by atoms with Crippen LogP contribution >= 0.6 is 23.4 Å². The van der Waals surface area contributed by atoms with Crippen LogP contribution in [0.15, 0.2) is 41.4 Å². The van der Waals surface area contributed by atoms with Crippen molar-refractivity contribution < 1.29 is 13.2 Å². The van der Waals surface area contributed by atoms with Gasteiger partial charge in [-0.1, -0.05) is 31.2 Å². The van der Waals surface area contributed by atoms with E-state index in [1.165, 1.54) is 12.3 Å². The predicted molar refractivity (Wildman–Crippen MR) is 97.4 cm³/mol. The maximum absolute atomic E-state index is 13.6. The second-order valence-corrected chi connectivity index (χ2v) is 7.08. The highest BCUT2D eigenvalue weighted by Gasteiger charge is 2.43. The van der Waals surface area contributed by atoms with Crippen molar-refractivity contribution in [2.24, 2.45) is 0 Å². The highest BCUT2D eigenvalue weighted by atomic mass is 35.5. The van der Waals surface area contributed by atoms with E-state index in [9.17, 15) is 13.2 Å². The molecule has 0 fully saturated rings. The maximum atomic E-state index is 13.6. The minimum absolute atomic E-state index is 0. The number of nitrogens with one attached hydrogen (secondary N) is 1. The lowest BCUT2D eigenvalue weighted by atomic mass is 10.0. The molecule has 136 valence electrons. The topological polar surface area (TPSA) is 24.9 Å². The molecule has 1 unspecified atom stereocenters. The molecule has 25 heavy (non-hydrogen) atoms. The first kappa shape index (κ1) is 20.1. The van der Waals surface area contributed by atoms with Gasteiger partial charge in [0.2, 0.25) is 0 Å². The molecule has 1 aromatic heterocycles. The van der Waals surface area contributed by atoms with E-state index in [2.05, 4.69) is 10.3 Å². The Hall–Kier alpha value is -1.24. The van der Waals surface area contributed by atoms with Crippen LogP contribution in [0.1, 0.15) is 29.5 Å². The zero-order chi connectivity index (χ0) is 17.2. The molecule has 0 amide bonds. The van der Waals surface area contributed by atoms with Crippen LogP contribution in [-0.2, 0) is 12.8 Å². The third-order valence-electron chi connectivity index (χ3n) is 3.92. The standard InChI is InChI=1S/C17H16ClF3N2S.CH4/c18-13-5-4-11-6-9-22-10-7-12(11)15(13)24-16(17(19,20)21)14-3-1-2-8-23-14;/h1-5,8,16,22H,6-7,9-10H2;1H4. The van der Waals surface area contributed by atoms with Gasteiger partial charge in [0.1, 0.15) is 5.25 Å². The van der Waals surface area contributed by atoms with Crippen LogP contribution in [0.25, 0.3) is 0 Å². The lowest BCUT2D eigenvalue weighted by Crippen LogP contribution is -2.19. The third kappa shape index (κ3) is 4.68. The molecule has 1 atom stereocenters. The summed E-state index contributed by atoms with van der Waals surface area (Å²) < 4.78 is 40.9. The summed E-state index contributed by atoms with van der Waals surface area (Å²) in [6.45, 7) is 1.56. The van der Waals surface area contributed by atoms with Crippen molar-refractivity contribution in [3.8, 4) is 0 Å². The molecule has 3 rings (SSSR count). The number of thioether (sulfide) groups is 1. The summed E-state index contributed by atoms with van der Waals surface area (Å²) in [5, 5.41) is 1.90. The van der Waals surface area contributed by atoms with E-state index in [0.717, 1.165) is 42.4 Å². The smallest absolute Gasteiger partial charge is 0.316 e. The van der Waals surface area contributed by atoms with E-state index in [1.807, 2.05) is 6.07 Å². The van der Waals surface area contributed by atoms with E-state index >= 15 is 0 Å². The number of halogens is 4. The van der Waals surface area contributed by atoms with Gasteiger partial charge in [0.05, 0.1) is 10.7 Å². The fourth-order valence-electron chi connectivity index (χ4n) is 2.78. The van der Waals surface area contributed by atoms with Gasteiger partial charge in [0.15, 0.2) is 0 Å². The Kier molecular flexibility index (Phi) is 6.77. The molecule has 0 saturated carbocycles. The summed E-state index contributed by atoms with van der Waals surface area (Å²) in [6.07, 6.45) is -1.56. The molecule has 0 saturated heterocycles. The summed E-state index contributed by atoms with van der Waals surface area (Å²) in [5.74, 6) is 0. The molecular formula is C18H20ClF3N2S. The summed E-state index contributed by atoms with van der Waals surface area (Å²) >= 11 is 7.02. The number of pyridine rings is 1. The number of rotatable bonds is 3. The van der Waals surface area contributed by atoms with E-state index < -0.39 is 11.4 Å². The van der Waals surface area contributed by atoms with Crippen molar-refractivity contribution in [1.82, 2.24) is 10.3 Å². The van der Waals surface area contributed by atoms with Crippen molar-refractivity contribution >= 4 is 23.4 Å². The minimum atomic E-state index is -4.41. The van der Waals surface area contributed by atoms with Crippen molar-refractivity contribution in [3.63, 3.8) is 0 Å². The highest BCUT2D eigenvalue weighted by molar-refractivity contribution is 7.99. The lowest BCUT2D eigenvalue weighted by molar-refractivity contribution is -0.130. The monoisotopic (exact) mass is 388 g/mol. The second kappa shape index (κ2) is 8.43. The zero-order valence-corrected chi connectivity index (χ0v) is 14.3. The van der Waals surface area contributed by atoms with Gasteiger partial charge < -0.3 is 5.32 Å². The molecule has 2 nitrogen and oxygen atoms in total. The van der Waals surface area contributed by atoms with Gasteiger partial charge in [-0.25, -0.2) is 0 Å². The molecule has 0 radical (unpaired) electrons. The highest BCUT2D eigenvalue weighted by Crippen LogP contribution is 2.49. The summed E-state index contributed by atoms with van der Waals surface area (Å²) in [5.41, 5.74) is 1.98. The lowest BCUT2D eigenvalue weighted by Gasteiger charge is -2.22. The molecule has 1 aliphatic rings. The van der Waals surface area contributed by atoms with Crippen molar-refractivity contribution in [2.45, 2.75) is 36.6 Å². The number of hydrogen-bond acceptors (Lipinski definition) is 3. The van der Waals surface area contributed by atoms with Crippen LogP contribution in [0, 0.1) is 0 Å². The van der Waals surface area contributed by atoms with E-state index in [1.54, 1.807) is 18.2 Å². The third-order valence-corrected chi connectivity index (χ3v) is 5.80. The normalized spacial score (nSPS) is 15.7. The molecule has 1 aliphatic heterocycles. The van der Waals surface area contributed by atoms with Crippen molar-refractivity contribution in [1.29, 1.82) is 0 Å². The number of alkyl halides is 3. The molecular weight excluding hydrogens is 369 g/mol. The van der Waals surface area contributed by atoms with Crippen LogP contribution in [-0.4, -0.2) is 24.2 Å². The largest absolute Gasteiger partial charge is 0.406 e. The van der Waals surface area contributed by atoms with Crippen LogP contribution in [0.5, 0.6) is 0 Å². The number of benzene rings is 1. The van der Waals surface area contributed by atoms with Gasteiger partial charge >= 0.3 is 6.18 Å². The molecule has 0 aliphatic carbocycles. The Bertz CT molecular complexity index is 707. The molecule has 0 bridgehead atoms. The van der Waals surface area contributed by atoms with Crippen LogP contribution in [0.2, 0.25) is 5.02 Å². The Morgan fingerprint density at radius 2 is 1.88 bits per heavy atom. The molecule has 2 aromatic rings. The number of aromatic nitrogens is 1. The average molecular weight is 389 g/mol. The SMILES string of the molecule is C.FC(F)(F)C(Sc1c(Cl)ccc2c1CCNCC2)c1ccccn1. The van der Waals surface area contributed by atoms with E-state index in [0.29, 0.717) is 16.3 Å². The van der Waals surface area contributed by atoms with Gasteiger partial charge in [0, 0.05) is 11.1 Å². The van der Waals surface area contributed by atoms with Crippen molar-refractivity contribution in [2.75, 3.05) is 13.1 Å². The van der Waals surface area contributed by atoms with Gasteiger partial charge in [-0.05, 0) is 55.3 Å². The average Bonchev–Trinajstić information content (AvgIpc) is 2.79. The molecule has 0 spiro atoms. The van der Waals surface area contributed by atoms with Crippen molar-refractivity contribution in [3.05, 3.63) is 58.4 Å². The minimum Gasteiger partial charge on any atom is -0.316 e. The Morgan fingerprint density at radius 1 is 1.12 bits per heavy atom. The molecule has 7 heteroatoms. The Balaban J connectivity index is 0.00000225. The van der Waals surface area contributed by atoms with Crippen LogP contribution < -0.4 is 5.32 Å². The number of hydrogen-bond donors (Lipinski definition) is 1. The second-order valence-electron chi connectivity index (χ2n) is 5.56. The zero-order valence-electron chi connectivity index (χ0n) is 12.7. The quantitative estimate of drug-likeness (QED) is 0.707. The fourth-order valence-corrected chi connectivity index (χ4v) is 4.28. The van der Waals surface area contributed by atoms with Gasteiger partial charge in [-0.2, -0.15) is 13.2 Å². The van der Waals surface area contributed by atoms with E-state index in [-0.39, 0.29) is 13.1 Å². The molecule has 1 aromatic carbocycles. The van der Waals surface area contributed by atoms with Gasteiger partial charge in [-0.15, -0.1) is 11.8 Å². The van der Waals surface area contributed by atoms with Crippen LogP contribution in [0.3, 0.4) is 0 Å². The predicted octanol–water partition coefficient (Wildman–Crippen LogP) is 5.46. The summed E-state index contributed by atoms with van der Waals surface area (Å²) in [4.78, 5) is 4.42. The summed E-state index contributed by atoms with van der Waals surface area (Å²) in [7, 11) is 0. The molecule has 1 N–H and O–H groups in total. The first-order chi connectivity index (χ1) is 11.5. The Morgan fingerprint density at radius 3 is 2.56 bits per heavy atom. The number of fused-ring (bicyclic) bond motifs is 1. The van der Waals surface area contributed by atoms with Gasteiger partial charge in [0.25, 0.3) is 0 Å². The first-order valence-corrected chi connectivity index (χ1v) is 8.88. The maximum Gasteiger partial charge on any atom is 0.406 e. The van der Waals surface area contributed by atoms with Gasteiger partial charge in [-0.3, -0.25) is 4.98 Å². The first-order valence-electron chi connectivity index (χ1n) is 7.62. The van der Waals surface area contributed by atoms with E-state index in [4.69, 9.17) is 11.6 Å². The number of nitrogens with zero attached hydrogens (tertiary/aromatic N) is 1. The van der Waals surface area contributed by atoms with Crippen LogP contribution in [0.4, 0.5) is 13.2 Å². The Labute approximate surface area is 155 Å². The fraction of sp³-hybridized carbons (Fsp3) is 0.389. The molecule has 2 heterocycles. The summed E-state index contributed by atoms with van der Waals surface area (Å²) in [6, 6.07) is 8.19.